The van der Waals surface area contributed by atoms with Gasteiger partial charge in [-0.25, -0.2) is 24.0 Å². The Bertz CT molecular complexity index is 529. The summed E-state index contributed by atoms with van der Waals surface area (Å²) in [7, 11) is 0. The molecule has 2 unspecified atom stereocenters. The molecule has 2 saturated carbocycles. The number of hydrogen-bond donors (Lipinski definition) is 0. The first-order chi connectivity index (χ1) is 10.5. The molecule has 0 saturated heterocycles. The van der Waals surface area contributed by atoms with Gasteiger partial charge in [-0.2, -0.15) is 11.1 Å². The standard InChI is InChI=1S/2C11H15.2BrH.Zr/c2*1-8-6-9(2)11-5-3-4-10(11)7-8;;;/h2*5-6,10H,3-4,7H2,1-2H3;2*1H;/q2*-1;;;+4/p-2. The minimum absolute atomic E-state index is 0. The fraction of sp³-hybridized carbons (Fsp3) is 0.545. The third kappa shape index (κ3) is 6.29. The molecule has 25 heavy (non-hydrogen) atoms. The van der Waals surface area contributed by atoms with Crippen molar-refractivity contribution >= 4 is 0 Å². The Morgan fingerprint density at radius 1 is 0.720 bits per heavy atom. The van der Waals surface area contributed by atoms with Crippen LogP contribution in [0.2, 0.25) is 0 Å². The molecule has 4 aliphatic carbocycles. The van der Waals surface area contributed by atoms with E-state index in [0.29, 0.717) is 0 Å². The van der Waals surface area contributed by atoms with E-state index in [-0.39, 0.29) is 60.2 Å². The second-order valence-electron chi connectivity index (χ2n) is 7.62. The third-order valence-corrected chi connectivity index (χ3v) is 5.61. The Morgan fingerprint density at radius 2 is 1.08 bits per heavy atom. The van der Waals surface area contributed by atoms with Crippen LogP contribution in [0.15, 0.2) is 45.6 Å². The van der Waals surface area contributed by atoms with E-state index in [9.17, 15) is 0 Å². The van der Waals surface area contributed by atoms with Crippen LogP contribution in [-0.4, -0.2) is 0 Å². The summed E-state index contributed by atoms with van der Waals surface area (Å²) in [5.41, 5.74) is 9.41. The Kier molecular flexibility index (Phi) is 11.6. The van der Waals surface area contributed by atoms with Crippen LogP contribution in [0.4, 0.5) is 0 Å². The molecule has 0 amide bonds. The predicted octanol–water partition coefficient (Wildman–Crippen LogP) is 0.540. The van der Waals surface area contributed by atoms with E-state index < -0.39 is 0 Å². The van der Waals surface area contributed by atoms with E-state index in [2.05, 4.69) is 52.7 Å². The molecule has 4 aliphatic rings. The Morgan fingerprint density at radius 3 is 1.44 bits per heavy atom. The van der Waals surface area contributed by atoms with E-state index >= 15 is 0 Å². The van der Waals surface area contributed by atoms with Crippen LogP contribution < -0.4 is 34.0 Å². The summed E-state index contributed by atoms with van der Waals surface area (Å²) in [6.07, 6.45) is 17.5. The quantitative estimate of drug-likeness (QED) is 0.390. The summed E-state index contributed by atoms with van der Waals surface area (Å²) >= 11 is 0. The van der Waals surface area contributed by atoms with E-state index in [1.165, 1.54) is 49.7 Å². The molecule has 0 bridgehead atoms. The summed E-state index contributed by atoms with van der Waals surface area (Å²) in [6.45, 7) is 8.98. The van der Waals surface area contributed by atoms with Gasteiger partial charge in [0.25, 0.3) is 0 Å². The van der Waals surface area contributed by atoms with Crippen LogP contribution in [-0.2, 0) is 26.2 Å². The maximum Gasteiger partial charge on any atom is 4.00 e. The van der Waals surface area contributed by atoms with Gasteiger partial charge < -0.3 is 34.0 Å². The van der Waals surface area contributed by atoms with Gasteiger partial charge in [-0.1, -0.05) is 24.0 Å². The molecule has 0 aromatic carbocycles. The fourth-order valence-corrected chi connectivity index (χ4v) is 4.72. The van der Waals surface area contributed by atoms with Gasteiger partial charge in [0.15, 0.2) is 0 Å². The summed E-state index contributed by atoms with van der Waals surface area (Å²) in [5, 5.41) is 0. The van der Waals surface area contributed by atoms with Crippen LogP contribution in [0.5, 0.6) is 0 Å². The van der Waals surface area contributed by atoms with Crippen molar-refractivity contribution in [2.75, 3.05) is 0 Å². The SMILES string of the molecule is CC1=CC(C)=C2[CH-]CCC2C1.CC1=CC(C)=C2[CH-]CCC2C1.[Br-].[Br-].[Zr+4]. The average molecular weight is 546 g/mol. The number of fused-ring (bicyclic) bond motifs is 2. The molecule has 0 spiro atoms. The molecular formula is C22H30Br2Zr. The minimum atomic E-state index is 0. The van der Waals surface area contributed by atoms with Gasteiger partial charge in [0.05, 0.1) is 0 Å². The maximum atomic E-state index is 2.42. The van der Waals surface area contributed by atoms with Gasteiger partial charge >= 0.3 is 26.2 Å². The molecule has 0 heterocycles. The number of allylic oxidation sites excluding steroid dienone is 8. The molecule has 0 nitrogen and oxygen atoms in total. The summed E-state index contributed by atoms with van der Waals surface area (Å²) in [6, 6.07) is 0. The van der Waals surface area contributed by atoms with E-state index in [0.717, 1.165) is 11.8 Å². The first-order valence-corrected chi connectivity index (χ1v) is 8.97. The predicted molar refractivity (Wildman–Crippen MR) is 96.2 cm³/mol. The second-order valence-corrected chi connectivity index (χ2v) is 7.62. The van der Waals surface area contributed by atoms with Gasteiger partial charge in [-0.15, -0.1) is 38.8 Å². The molecular weight excluding hydrogens is 515 g/mol. The molecule has 0 aliphatic heterocycles. The molecule has 136 valence electrons. The topological polar surface area (TPSA) is 0 Å². The molecule has 2 fully saturated rings. The largest absolute Gasteiger partial charge is 4.00 e. The monoisotopic (exact) mass is 542 g/mol. The maximum absolute atomic E-state index is 2.42. The van der Waals surface area contributed by atoms with Gasteiger partial charge in [-0.3, -0.25) is 0 Å². The fourth-order valence-electron chi connectivity index (χ4n) is 4.72. The van der Waals surface area contributed by atoms with E-state index in [1.54, 1.807) is 22.3 Å². The van der Waals surface area contributed by atoms with Crippen molar-refractivity contribution in [3.05, 3.63) is 58.4 Å². The third-order valence-electron chi connectivity index (χ3n) is 5.61. The van der Waals surface area contributed by atoms with Crippen molar-refractivity contribution in [2.24, 2.45) is 11.8 Å². The van der Waals surface area contributed by atoms with Crippen LogP contribution in [0, 0.1) is 24.7 Å². The normalized spacial score (nSPS) is 26.1. The minimum Gasteiger partial charge on any atom is -1.00 e. The second kappa shape index (κ2) is 11.4. The molecule has 2 atom stereocenters. The molecule has 4 rings (SSSR count). The first-order valence-electron chi connectivity index (χ1n) is 8.97. The van der Waals surface area contributed by atoms with Gasteiger partial charge in [-0.05, 0) is 38.5 Å². The van der Waals surface area contributed by atoms with Crippen molar-refractivity contribution in [2.45, 2.75) is 66.2 Å². The molecule has 0 aromatic rings. The molecule has 0 N–H and O–H groups in total. The Labute approximate surface area is 195 Å². The van der Waals surface area contributed by atoms with Crippen molar-refractivity contribution in [1.29, 1.82) is 0 Å². The number of halogens is 2. The van der Waals surface area contributed by atoms with E-state index in [4.69, 9.17) is 0 Å². The van der Waals surface area contributed by atoms with Crippen LogP contribution in [0.1, 0.15) is 66.2 Å². The molecule has 3 heteroatoms. The zero-order valence-corrected chi connectivity index (χ0v) is 21.6. The summed E-state index contributed by atoms with van der Waals surface area (Å²) in [4.78, 5) is 0. The van der Waals surface area contributed by atoms with Crippen molar-refractivity contribution in [3.63, 3.8) is 0 Å². The Hall–Kier alpha value is 0.543. The van der Waals surface area contributed by atoms with Crippen molar-refractivity contribution < 1.29 is 60.2 Å². The summed E-state index contributed by atoms with van der Waals surface area (Å²) in [5.74, 6) is 1.75. The van der Waals surface area contributed by atoms with Gasteiger partial charge in [0.1, 0.15) is 0 Å². The van der Waals surface area contributed by atoms with Crippen molar-refractivity contribution in [3.8, 4) is 0 Å². The molecule has 0 aromatic heterocycles. The number of rotatable bonds is 0. The Balaban J connectivity index is 0.000000411. The van der Waals surface area contributed by atoms with Crippen LogP contribution in [0.25, 0.3) is 0 Å². The van der Waals surface area contributed by atoms with Gasteiger partial charge in [0, 0.05) is 0 Å². The zero-order valence-electron chi connectivity index (χ0n) is 16.0. The number of hydrogen-bond acceptors (Lipinski definition) is 0. The van der Waals surface area contributed by atoms with E-state index in [1.807, 2.05) is 0 Å². The zero-order chi connectivity index (χ0) is 15.7. The smallest absolute Gasteiger partial charge is 1.00 e. The van der Waals surface area contributed by atoms with Crippen molar-refractivity contribution in [1.82, 2.24) is 0 Å². The summed E-state index contributed by atoms with van der Waals surface area (Å²) < 4.78 is 0. The average Bonchev–Trinajstić information content (AvgIpc) is 3.07. The van der Waals surface area contributed by atoms with Gasteiger partial charge in [0.2, 0.25) is 0 Å². The first kappa shape index (κ1) is 25.5. The van der Waals surface area contributed by atoms with Crippen LogP contribution >= 0.6 is 0 Å². The molecule has 0 radical (unpaired) electrons. The van der Waals surface area contributed by atoms with Crippen LogP contribution in [0.3, 0.4) is 0 Å².